The molecule has 1 heterocycles. The van der Waals surface area contributed by atoms with Crippen LogP contribution in [0.5, 0.6) is 0 Å². The van der Waals surface area contributed by atoms with Crippen molar-refractivity contribution in [3.05, 3.63) is 34.9 Å². The van der Waals surface area contributed by atoms with E-state index in [0.29, 0.717) is 18.7 Å². The second kappa shape index (κ2) is 3.54. The summed E-state index contributed by atoms with van der Waals surface area (Å²) < 4.78 is 26.9. The topological polar surface area (TPSA) is 32.3 Å². The number of nitrogens with one attached hydrogen (secondary N) is 1. The Hall–Kier alpha value is -1.00. The third kappa shape index (κ3) is 2.01. The van der Waals surface area contributed by atoms with Crippen LogP contribution in [0.2, 0.25) is 0 Å². The van der Waals surface area contributed by atoms with Crippen LogP contribution in [0.3, 0.4) is 0 Å². The molecule has 1 saturated heterocycles. The summed E-state index contributed by atoms with van der Waals surface area (Å²) in [5.74, 6) is -1.15. The van der Waals surface area contributed by atoms with Gasteiger partial charge in [0.05, 0.1) is 5.60 Å². The van der Waals surface area contributed by atoms with Gasteiger partial charge in [0.2, 0.25) is 0 Å². The van der Waals surface area contributed by atoms with Crippen LogP contribution < -0.4 is 5.32 Å². The van der Waals surface area contributed by atoms with E-state index < -0.39 is 17.2 Å². The van der Waals surface area contributed by atoms with Crippen LogP contribution >= 0.6 is 0 Å². The van der Waals surface area contributed by atoms with Gasteiger partial charge < -0.3 is 10.4 Å². The predicted molar refractivity (Wildman–Crippen MR) is 52.6 cm³/mol. The van der Waals surface area contributed by atoms with E-state index in [0.717, 1.165) is 0 Å². The molecule has 2 rings (SSSR count). The van der Waals surface area contributed by atoms with E-state index in [-0.39, 0.29) is 12.0 Å². The van der Waals surface area contributed by atoms with Gasteiger partial charge in [-0.1, -0.05) is 0 Å². The minimum atomic E-state index is -0.989. The second-order valence-corrected chi connectivity index (χ2v) is 4.21. The smallest absolute Gasteiger partial charge is 0.129 e. The maximum Gasteiger partial charge on any atom is 0.129 e. The molecule has 1 aliphatic rings. The summed E-state index contributed by atoms with van der Waals surface area (Å²) in [6.07, 6.45) is 0.0257. The molecule has 15 heavy (non-hydrogen) atoms. The van der Waals surface area contributed by atoms with Crippen molar-refractivity contribution in [3.8, 4) is 0 Å². The maximum atomic E-state index is 13.4. The van der Waals surface area contributed by atoms with E-state index >= 15 is 0 Å². The molecule has 82 valence electrons. The van der Waals surface area contributed by atoms with Crippen molar-refractivity contribution in [3.63, 3.8) is 0 Å². The molecule has 0 aliphatic carbocycles. The first-order valence-electron chi connectivity index (χ1n) is 4.88. The lowest BCUT2D eigenvalue weighted by Crippen LogP contribution is -2.60. The summed E-state index contributed by atoms with van der Waals surface area (Å²) in [4.78, 5) is 0. The first-order chi connectivity index (χ1) is 7.00. The molecule has 0 amide bonds. The Labute approximate surface area is 86.9 Å². The zero-order chi connectivity index (χ0) is 11.1. The highest BCUT2D eigenvalue weighted by atomic mass is 19.1. The zero-order valence-corrected chi connectivity index (χ0v) is 8.48. The molecule has 0 spiro atoms. The number of β-amino-alcohol motifs (C(OH)–C–C–N with tert-alkyl or cyclic N) is 1. The molecule has 0 aromatic heterocycles. The minimum Gasteiger partial charge on any atom is -0.387 e. The van der Waals surface area contributed by atoms with Gasteiger partial charge in [-0.05, 0) is 24.6 Å². The van der Waals surface area contributed by atoms with Crippen molar-refractivity contribution in [1.29, 1.82) is 0 Å². The first-order valence-corrected chi connectivity index (χ1v) is 4.88. The molecule has 0 atom stereocenters. The lowest BCUT2D eigenvalue weighted by atomic mass is 9.88. The molecule has 1 aromatic rings. The number of aliphatic hydroxyl groups is 1. The van der Waals surface area contributed by atoms with Gasteiger partial charge in [0.1, 0.15) is 11.6 Å². The number of aryl methyl sites for hydroxylation is 1. The van der Waals surface area contributed by atoms with Crippen molar-refractivity contribution >= 4 is 0 Å². The third-order valence-electron chi connectivity index (χ3n) is 2.70. The van der Waals surface area contributed by atoms with Crippen LogP contribution in [0.4, 0.5) is 8.78 Å². The molecule has 0 saturated carbocycles. The second-order valence-electron chi connectivity index (χ2n) is 4.21. The van der Waals surface area contributed by atoms with E-state index in [2.05, 4.69) is 5.32 Å². The zero-order valence-electron chi connectivity index (χ0n) is 8.48. The van der Waals surface area contributed by atoms with Crippen LogP contribution in [0.1, 0.15) is 11.1 Å². The lowest BCUT2D eigenvalue weighted by Gasteiger charge is -2.37. The van der Waals surface area contributed by atoms with Crippen LogP contribution in [0.25, 0.3) is 0 Å². The Morgan fingerprint density at radius 1 is 1.33 bits per heavy atom. The molecule has 0 unspecified atom stereocenters. The summed E-state index contributed by atoms with van der Waals surface area (Å²) in [5.41, 5.74) is -0.464. The van der Waals surface area contributed by atoms with Gasteiger partial charge in [-0.15, -0.1) is 0 Å². The molecular formula is C11H13F2NO. The standard InChI is InChI=1S/C11H13F2NO/c1-7-2-9(12)8(10(13)3-7)4-11(15)5-14-6-11/h2-3,14-15H,4-6H2,1H3. The normalized spacial score (nSPS) is 18.7. The summed E-state index contributed by atoms with van der Waals surface area (Å²) in [6, 6.07) is 2.57. The van der Waals surface area contributed by atoms with Gasteiger partial charge in [0.15, 0.2) is 0 Å². The molecular weight excluding hydrogens is 200 g/mol. The third-order valence-corrected chi connectivity index (χ3v) is 2.70. The van der Waals surface area contributed by atoms with Gasteiger partial charge in [-0.3, -0.25) is 0 Å². The van der Waals surface area contributed by atoms with E-state index in [9.17, 15) is 13.9 Å². The number of halogens is 2. The van der Waals surface area contributed by atoms with E-state index in [1.807, 2.05) is 0 Å². The van der Waals surface area contributed by atoms with Crippen molar-refractivity contribution in [2.24, 2.45) is 0 Å². The predicted octanol–water partition coefficient (Wildman–Crippen LogP) is 1.15. The number of hydrogen-bond donors (Lipinski definition) is 2. The average molecular weight is 213 g/mol. The minimum absolute atomic E-state index is 0.0235. The Morgan fingerprint density at radius 3 is 2.27 bits per heavy atom. The van der Waals surface area contributed by atoms with Crippen LogP contribution in [-0.2, 0) is 6.42 Å². The largest absolute Gasteiger partial charge is 0.387 e. The summed E-state index contributed by atoms with van der Waals surface area (Å²) in [6.45, 7) is 2.41. The summed E-state index contributed by atoms with van der Waals surface area (Å²) in [7, 11) is 0. The molecule has 4 heteroatoms. The molecule has 2 N–H and O–H groups in total. The Morgan fingerprint density at radius 2 is 1.87 bits per heavy atom. The Bertz CT molecular complexity index is 365. The Balaban J connectivity index is 2.28. The van der Waals surface area contributed by atoms with Crippen molar-refractivity contribution in [2.45, 2.75) is 18.9 Å². The molecule has 1 aliphatic heterocycles. The lowest BCUT2D eigenvalue weighted by molar-refractivity contribution is -0.0104. The monoisotopic (exact) mass is 213 g/mol. The number of hydrogen-bond acceptors (Lipinski definition) is 2. The van der Waals surface area contributed by atoms with Crippen molar-refractivity contribution in [1.82, 2.24) is 5.32 Å². The van der Waals surface area contributed by atoms with Gasteiger partial charge in [-0.25, -0.2) is 8.78 Å². The fraction of sp³-hybridized carbons (Fsp3) is 0.455. The highest BCUT2D eigenvalue weighted by molar-refractivity contribution is 5.27. The van der Waals surface area contributed by atoms with E-state index in [1.165, 1.54) is 12.1 Å². The summed E-state index contributed by atoms with van der Waals surface area (Å²) in [5, 5.41) is 12.7. The fourth-order valence-corrected chi connectivity index (χ4v) is 1.77. The molecule has 2 nitrogen and oxygen atoms in total. The number of benzene rings is 1. The molecule has 0 radical (unpaired) electrons. The number of rotatable bonds is 2. The van der Waals surface area contributed by atoms with Crippen LogP contribution in [0.15, 0.2) is 12.1 Å². The van der Waals surface area contributed by atoms with Crippen molar-refractivity contribution in [2.75, 3.05) is 13.1 Å². The first kappa shape index (κ1) is 10.5. The quantitative estimate of drug-likeness (QED) is 0.772. The Kier molecular flexibility index (Phi) is 2.48. The molecule has 0 bridgehead atoms. The van der Waals surface area contributed by atoms with Crippen LogP contribution in [0, 0.1) is 18.6 Å². The fourth-order valence-electron chi connectivity index (χ4n) is 1.77. The highest BCUT2D eigenvalue weighted by Crippen LogP contribution is 2.23. The summed E-state index contributed by atoms with van der Waals surface area (Å²) >= 11 is 0. The van der Waals surface area contributed by atoms with Gasteiger partial charge >= 0.3 is 0 Å². The molecule has 1 fully saturated rings. The van der Waals surface area contributed by atoms with E-state index in [4.69, 9.17) is 0 Å². The van der Waals surface area contributed by atoms with Gasteiger partial charge in [-0.2, -0.15) is 0 Å². The van der Waals surface area contributed by atoms with Gasteiger partial charge in [0, 0.05) is 25.1 Å². The SMILES string of the molecule is Cc1cc(F)c(CC2(O)CNC2)c(F)c1. The van der Waals surface area contributed by atoms with Crippen molar-refractivity contribution < 1.29 is 13.9 Å². The van der Waals surface area contributed by atoms with Crippen LogP contribution in [-0.4, -0.2) is 23.8 Å². The van der Waals surface area contributed by atoms with Gasteiger partial charge in [0.25, 0.3) is 0 Å². The maximum absolute atomic E-state index is 13.4. The van der Waals surface area contributed by atoms with E-state index in [1.54, 1.807) is 6.92 Å². The molecule has 1 aromatic carbocycles. The highest BCUT2D eigenvalue weighted by Gasteiger charge is 2.35. The average Bonchev–Trinajstić information content (AvgIpc) is 2.08.